The standard InChI is InChI=1S/C20H22ClN3O4S/c1-13-17(19(22)25)3-2-4-18(13)23-20(26)14-9-11-24(12-10-14)29(27,28)16-7-5-15(21)6-8-16/h2-8,14H,9-12H2,1H3,(H2,22,25)(H,23,26). The fraction of sp³-hybridized carbons (Fsp3) is 0.300. The van der Waals surface area contributed by atoms with Crippen LogP contribution < -0.4 is 11.1 Å². The number of halogens is 1. The highest BCUT2D eigenvalue weighted by molar-refractivity contribution is 7.89. The fourth-order valence-electron chi connectivity index (χ4n) is 3.39. The van der Waals surface area contributed by atoms with Crippen molar-refractivity contribution in [2.45, 2.75) is 24.7 Å². The van der Waals surface area contributed by atoms with E-state index in [4.69, 9.17) is 17.3 Å². The van der Waals surface area contributed by atoms with Crippen molar-refractivity contribution in [3.63, 3.8) is 0 Å². The van der Waals surface area contributed by atoms with Crippen LogP contribution >= 0.6 is 11.6 Å². The number of benzene rings is 2. The van der Waals surface area contributed by atoms with Crippen molar-refractivity contribution in [2.75, 3.05) is 18.4 Å². The van der Waals surface area contributed by atoms with E-state index in [1.165, 1.54) is 28.6 Å². The Hall–Kier alpha value is -2.42. The Kier molecular flexibility index (Phi) is 6.26. The van der Waals surface area contributed by atoms with Gasteiger partial charge in [0.2, 0.25) is 21.8 Å². The summed E-state index contributed by atoms with van der Waals surface area (Å²) in [5.74, 6) is -1.07. The highest BCUT2D eigenvalue weighted by atomic mass is 35.5. The predicted molar refractivity (Wildman–Crippen MR) is 111 cm³/mol. The van der Waals surface area contributed by atoms with Crippen LogP contribution in [0.3, 0.4) is 0 Å². The van der Waals surface area contributed by atoms with Crippen LogP contribution in [0.4, 0.5) is 5.69 Å². The molecule has 2 aromatic rings. The van der Waals surface area contributed by atoms with E-state index in [0.29, 0.717) is 34.7 Å². The average Bonchev–Trinajstić information content (AvgIpc) is 2.69. The van der Waals surface area contributed by atoms with E-state index in [0.717, 1.165) is 0 Å². The van der Waals surface area contributed by atoms with E-state index in [1.54, 1.807) is 25.1 Å². The first-order chi connectivity index (χ1) is 13.7. The molecule has 0 unspecified atom stereocenters. The number of sulfonamides is 1. The molecule has 0 aromatic heterocycles. The van der Waals surface area contributed by atoms with Gasteiger partial charge >= 0.3 is 0 Å². The number of nitrogens with two attached hydrogens (primary N) is 1. The SMILES string of the molecule is Cc1c(NC(=O)C2CCN(S(=O)(=O)c3ccc(Cl)cc3)CC2)cccc1C(N)=O. The number of hydrogen-bond acceptors (Lipinski definition) is 4. The summed E-state index contributed by atoms with van der Waals surface area (Å²) in [6.07, 6.45) is 0.820. The van der Waals surface area contributed by atoms with Crippen LogP contribution in [0.15, 0.2) is 47.4 Å². The van der Waals surface area contributed by atoms with E-state index in [2.05, 4.69) is 5.32 Å². The zero-order valence-electron chi connectivity index (χ0n) is 15.9. The number of anilines is 1. The summed E-state index contributed by atoms with van der Waals surface area (Å²) < 4.78 is 26.9. The van der Waals surface area contributed by atoms with E-state index in [1.807, 2.05) is 0 Å². The lowest BCUT2D eigenvalue weighted by Gasteiger charge is -2.30. The smallest absolute Gasteiger partial charge is 0.249 e. The second kappa shape index (κ2) is 8.52. The van der Waals surface area contributed by atoms with Crippen molar-refractivity contribution < 1.29 is 18.0 Å². The molecular weight excluding hydrogens is 414 g/mol. The quantitative estimate of drug-likeness (QED) is 0.752. The molecule has 1 fully saturated rings. The summed E-state index contributed by atoms with van der Waals surface area (Å²) in [4.78, 5) is 24.3. The van der Waals surface area contributed by atoms with E-state index in [9.17, 15) is 18.0 Å². The third kappa shape index (κ3) is 4.60. The van der Waals surface area contributed by atoms with Gasteiger partial charge in [0.1, 0.15) is 0 Å². The molecule has 7 nitrogen and oxygen atoms in total. The van der Waals surface area contributed by atoms with Crippen LogP contribution in [0.2, 0.25) is 5.02 Å². The topological polar surface area (TPSA) is 110 Å². The van der Waals surface area contributed by atoms with Gasteiger partial charge in [-0.3, -0.25) is 9.59 Å². The Labute approximate surface area is 174 Å². The highest BCUT2D eigenvalue weighted by Gasteiger charge is 2.32. The van der Waals surface area contributed by atoms with Gasteiger partial charge < -0.3 is 11.1 Å². The molecule has 2 amide bonds. The molecule has 3 N–H and O–H groups in total. The molecule has 0 saturated carbocycles. The summed E-state index contributed by atoms with van der Waals surface area (Å²) in [5.41, 5.74) is 6.84. The molecule has 0 bridgehead atoms. The Morgan fingerprint density at radius 1 is 1.10 bits per heavy atom. The molecule has 0 spiro atoms. The monoisotopic (exact) mass is 435 g/mol. The second-order valence-corrected chi connectivity index (χ2v) is 9.34. The van der Waals surface area contributed by atoms with Crippen molar-refractivity contribution in [3.8, 4) is 0 Å². The van der Waals surface area contributed by atoms with E-state index < -0.39 is 15.9 Å². The predicted octanol–water partition coefficient (Wildman–Crippen LogP) is 2.79. The molecule has 1 aliphatic heterocycles. The molecule has 2 aromatic carbocycles. The van der Waals surface area contributed by atoms with Crippen molar-refractivity contribution in [2.24, 2.45) is 11.7 Å². The van der Waals surface area contributed by atoms with Crippen molar-refractivity contribution in [1.29, 1.82) is 0 Å². The zero-order valence-corrected chi connectivity index (χ0v) is 17.5. The molecule has 9 heteroatoms. The minimum Gasteiger partial charge on any atom is -0.366 e. The zero-order chi connectivity index (χ0) is 21.2. The molecule has 1 saturated heterocycles. The van der Waals surface area contributed by atoms with Crippen molar-refractivity contribution >= 4 is 39.1 Å². The first-order valence-corrected chi connectivity index (χ1v) is 11.0. The number of carbonyl (C=O) groups is 2. The Morgan fingerprint density at radius 2 is 1.72 bits per heavy atom. The molecule has 1 heterocycles. The first kappa shape index (κ1) is 21.3. The molecule has 0 atom stereocenters. The minimum absolute atomic E-state index is 0.184. The summed E-state index contributed by atoms with van der Waals surface area (Å²) in [6, 6.07) is 11.0. The maximum atomic E-state index is 12.8. The molecular formula is C20H22ClN3O4S. The maximum Gasteiger partial charge on any atom is 0.249 e. The third-order valence-corrected chi connectivity index (χ3v) is 7.30. The number of hydrogen-bond donors (Lipinski definition) is 2. The summed E-state index contributed by atoms with van der Waals surface area (Å²) in [5, 5.41) is 3.30. The lowest BCUT2D eigenvalue weighted by atomic mass is 9.96. The summed E-state index contributed by atoms with van der Waals surface area (Å²) >= 11 is 5.83. The van der Waals surface area contributed by atoms with E-state index >= 15 is 0 Å². The summed E-state index contributed by atoms with van der Waals surface area (Å²) in [7, 11) is -3.62. The molecule has 0 aliphatic carbocycles. The number of rotatable bonds is 5. The number of amides is 2. The molecule has 0 radical (unpaired) electrons. The van der Waals surface area contributed by atoms with Gasteiger partial charge in [0.25, 0.3) is 0 Å². The highest BCUT2D eigenvalue weighted by Crippen LogP contribution is 2.26. The summed E-state index contributed by atoms with van der Waals surface area (Å²) in [6.45, 7) is 2.23. The van der Waals surface area contributed by atoms with Crippen molar-refractivity contribution in [3.05, 3.63) is 58.6 Å². The lowest BCUT2D eigenvalue weighted by Crippen LogP contribution is -2.41. The Morgan fingerprint density at radius 3 is 2.31 bits per heavy atom. The number of piperidine rings is 1. The molecule has 3 rings (SSSR count). The van der Waals surface area contributed by atoms with Gasteiger partial charge in [-0.1, -0.05) is 17.7 Å². The largest absolute Gasteiger partial charge is 0.366 e. The minimum atomic E-state index is -3.62. The van der Waals surface area contributed by atoms with E-state index in [-0.39, 0.29) is 29.8 Å². The fourth-order valence-corrected chi connectivity index (χ4v) is 4.98. The number of nitrogens with one attached hydrogen (secondary N) is 1. The maximum absolute atomic E-state index is 12.8. The van der Waals surface area contributed by atoms with Gasteiger partial charge in [-0.25, -0.2) is 8.42 Å². The first-order valence-electron chi connectivity index (χ1n) is 9.16. The molecule has 29 heavy (non-hydrogen) atoms. The number of primary amides is 1. The average molecular weight is 436 g/mol. The molecule has 154 valence electrons. The lowest BCUT2D eigenvalue weighted by molar-refractivity contribution is -0.120. The van der Waals surface area contributed by atoms with Crippen LogP contribution in [-0.4, -0.2) is 37.6 Å². The second-order valence-electron chi connectivity index (χ2n) is 6.96. The normalized spacial score (nSPS) is 15.8. The number of nitrogens with zero attached hydrogens (tertiary/aromatic N) is 1. The van der Waals surface area contributed by atoms with Gasteiger partial charge in [-0.15, -0.1) is 0 Å². The molecule has 1 aliphatic rings. The Balaban J connectivity index is 1.65. The van der Waals surface area contributed by atoms with Crippen molar-refractivity contribution in [1.82, 2.24) is 4.31 Å². The number of carbonyl (C=O) groups excluding carboxylic acids is 2. The van der Waals surface area contributed by atoms with Gasteiger partial charge in [0.15, 0.2) is 0 Å². The third-order valence-electron chi connectivity index (χ3n) is 5.13. The van der Waals surface area contributed by atoms with Crippen LogP contribution in [-0.2, 0) is 14.8 Å². The van der Waals surface area contributed by atoms with Gasteiger partial charge in [0.05, 0.1) is 4.90 Å². The van der Waals surface area contributed by atoms with Crippen LogP contribution in [0, 0.1) is 12.8 Å². The van der Waals surface area contributed by atoms with Gasteiger partial charge in [0, 0.05) is 35.3 Å². The Bertz CT molecular complexity index is 1030. The van der Waals surface area contributed by atoms with Gasteiger partial charge in [-0.05, 0) is 61.7 Å². The van der Waals surface area contributed by atoms with Crippen LogP contribution in [0.5, 0.6) is 0 Å². The van der Waals surface area contributed by atoms with Gasteiger partial charge in [-0.2, -0.15) is 4.31 Å². The van der Waals surface area contributed by atoms with Crippen LogP contribution in [0.25, 0.3) is 0 Å². The van der Waals surface area contributed by atoms with Crippen LogP contribution in [0.1, 0.15) is 28.8 Å².